The zero-order valence-corrected chi connectivity index (χ0v) is 8.16. The Hall–Kier alpha value is -1.59. The number of hydrogen-bond acceptors (Lipinski definition) is 3. The van der Waals surface area contributed by atoms with Crippen molar-refractivity contribution in [2.45, 2.75) is 32.2 Å². The number of carboxylic acids is 1. The first-order valence-corrected chi connectivity index (χ1v) is 4.04. The predicted octanol–water partition coefficient (Wildman–Crippen LogP) is -0.769. The van der Waals surface area contributed by atoms with E-state index in [9.17, 15) is 14.4 Å². The van der Waals surface area contributed by atoms with Crippen molar-refractivity contribution in [1.29, 1.82) is 0 Å². The van der Waals surface area contributed by atoms with Gasteiger partial charge in [0.2, 0.25) is 11.8 Å². The second-order valence-electron chi connectivity index (χ2n) is 3.65. The first-order chi connectivity index (χ1) is 6.23. The van der Waals surface area contributed by atoms with Crippen molar-refractivity contribution in [3.05, 3.63) is 0 Å². The lowest BCUT2D eigenvalue weighted by Crippen LogP contribution is -2.46. The number of carboxylic acid groups (broad SMARTS) is 1. The molecule has 0 aromatic heterocycles. The van der Waals surface area contributed by atoms with Gasteiger partial charge in [0, 0.05) is 12.0 Å². The number of nitrogens with two attached hydrogens (primary N) is 1. The van der Waals surface area contributed by atoms with Crippen LogP contribution in [0.5, 0.6) is 0 Å². The van der Waals surface area contributed by atoms with Gasteiger partial charge in [0.15, 0.2) is 0 Å². The minimum atomic E-state index is -1.21. The van der Waals surface area contributed by atoms with Gasteiger partial charge in [-0.3, -0.25) is 14.4 Å². The van der Waals surface area contributed by atoms with Gasteiger partial charge in [0.1, 0.15) is 6.42 Å². The number of hydrogen-bond donors (Lipinski definition) is 3. The fraction of sp³-hybridized carbons (Fsp3) is 0.625. The van der Waals surface area contributed by atoms with E-state index in [0.29, 0.717) is 0 Å². The molecular formula is C8H14N2O4. The zero-order chi connectivity index (χ0) is 11.4. The first-order valence-electron chi connectivity index (χ1n) is 4.04. The Kier molecular flexibility index (Phi) is 4.07. The number of aliphatic carboxylic acids is 1. The van der Waals surface area contributed by atoms with Crippen LogP contribution >= 0.6 is 0 Å². The molecule has 4 N–H and O–H groups in total. The second-order valence-corrected chi connectivity index (χ2v) is 3.65. The molecule has 0 atom stereocenters. The van der Waals surface area contributed by atoms with Gasteiger partial charge < -0.3 is 16.2 Å². The van der Waals surface area contributed by atoms with Crippen LogP contribution in [0, 0.1) is 0 Å². The molecule has 6 nitrogen and oxygen atoms in total. The maximum absolute atomic E-state index is 11.0. The van der Waals surface area contributed by atoms with Crippen LogP contribution in [0.15, 0.2) is 0 Å². The topological polar surface area (TPSA) is 109 Å². The highest BCUT2D eigenvalue weighted by molar-refractivity contribution is 5.93. The van der Waals surface area contributed by atoms with E-state index in [1.165, 1.54) is 0 Å². The monoisotopic (exact) mass is 202 g/mol. The predicted molar refractivity (Wildman–Crippen MR) is 48.3 cm³/mol. The zero-order valence-electron chi connectivity index (χ0n) is 8.16. The highest BCUT2D eigenvalue weighted by Gasteiger charge is 2.23. The van der Waals surface area contributed by atoms with Crippen LogP contribution < -0.4 is 11.1 Å². The minimum absolute atomic E-state index is 0.0294. The number of primary amides is 1. The van der Waals surface area contributed by atoms with Crippen LogP contribution in [0.1, 0.15) is 26.7 Å². The summed E-state index contributed by atoms with van der Waals surface area (Å²) in [6.45, 7) is 3.19. The Morgan fingerprint density at radius 3 is 2.21 bits per heavy atom. The average molecular weight is 202 g/mol. The molecule has 0 aliphatic rings. The maximum atomic E-state index is 11.0. The molecule has 0 aliphatic carbocycles. The summed E-state index contributed by atoms with van der Waals surface area (Å²) in [6, 6.07) is 0. The lowest BCUT2D eigenvalue weighted by molar-refractivity contribution is -0.141. The van der Waals surface area contributed by atoms with Crippen molar-refractivity contribution in [2.24, 2.45) is 5.73 Å². The van der Waals surface area contributed by atoms with E-state index in [4.69, 9.17) is 10.8 Å². The van der Waals surface area contributed by atoms with Crippen molar-refractivity contribution < 1.29 is 19.5 Å². The van der Waals surface area contributed by atoms with Gasteiger partial charge in [-0.05, 0) is 13.8 Å². The molecule has 0 aliphatic heterocycles. The average Bonchev–Trinajstić information content (AvgIpc) is 1.77. The third-order valence-corrected chi connectivity index (χ3v) is 1.41. The fourth-order valence-electron chi connectivity index (χ4n) is 1.04. The molecule has 0 aromatic rings. The summed E-state index contributed by atoms with van der Waals surface area (Å²) in [7, 11) is 0. The normalized spacial score (nSPS) is 10.7. The smallest absolute Gasteiger partial charge is 0.312 e. The molecule has 0 saturated heterocycles. The standard InChI is InChI=1S/C8H14N2O4/c1-8(2,4-5(9)11)10-6(12)3-7(13)14/h3-4H2,1-2H3,(H2,9,11)(H,10,12)(H,13,14). The maximum Gasteiger partial charge on any atom is 0.312 e. The molecule has 0 spiro atoms. The lowest BCUT2D eigenvalue weighted by Gasteiger charge is -2.24. The minimum Gasteiger partial charge on any atom is -0.481 e. The molecule has 80 valence electrons. The molecule has 0 unspecified atom stereocenters. The highest BCUT2D eigenvalue weighted by Crippen LogP contribution is 2.07. The van der Waals surface area contributed by atoms with Gasteiger partial charge in [0.05, 0.1) is 0 Å². The van der Waals surface area contributed by atoms with Gasteiger partial charge in [-0.2, -0.15) is 0 Å². The van der Waals surface area contributed by atoms with E-state index in [-0.39, 0.29) is 6.42 Å². The molecule has 0 bridgehead atoms. The highest BCUT2D eigenvalue weighted by atomic mass is 16.4. The molecule has 0 rings (SSSR count). The van der Waals surface area contributed by atoms with Crippen LogP contribution in [0.3, 0.4) is 0 Å². The van der Waals surface area contributed by atoms with Crippen LogP contribution in [0.25, 0.3) is 0 Å². The summed E-state index contributed by atoms with van der Waals surface area (Å²) in [5, 5.41) is 10.7. The number of amides is 2. The van der Waals surface area contributed by atoms with E-state index in [0.717, 1.165) is 0 Å². The summed E-state index contributed by atoms with van der Waals surface area (Å²) < 4.78 is 0. The van der Waals surface area contributed by atoms with Crippen LogP contribution in [-0.4, -0.2) is 28.4 Å². The Morgan fingerprint density at radius 2 is 1.86 bits per heavy atom. The Morgan fingerprint density at radius 1 is 1.36 bits per heavy atom. The van der Waals surface area contributed by atoms with Crippen molar-refractivity contribution in [3.63, 3.8) is 0 Å². The largest absolute Gasteiger partial charge is 0.481 e. The Balaban J connectivity index is 4.14. The van der Waals surface area contributed by atoms with Gasteiger partial charge in [-0.15, -0.1) is 0 Å². The van der Waals surface area contributed by atoms with Crippen molar-refractivity contribution in [3.8, 4) is 0 Å². The number of carbonyl (C=O) groups excluding carboxylic acids is 2. The van der Waals surface area contributed by atoms with E-state index in [1.807, 2.05) is 0 Å². The molecule has 0 saturated carbocycles. The molecular weight excluding hydrogens is 188 g/mol. The van der Waals surface area contributed by atoms with Crippen molar-refractivity contribution >= 4 is 17.8 Å². The molecule has 0 aromatic carbocycles. The van der Waals surface area contributed by atoms with Gasteiger partial charge in [0.25, 0.3) is 0 Å². The van der Waals surface area contributed by atoms with Crippen LogP contribution in [-0.2, 0) is 14.4 Å². The van der Waals surface area contributed by atoms with Crippen LogP contribution in [0.4, 0.5) is 0 Å². The Bertz CT molecular complexity index is 260. The van der Waals surface area contributed by atoms with E-state index in [1.54, 1.807) is 13.8 Å². The summed E-state index contributed by atoms with van der Waals surface area (Å²) in [5.74, 6) is -2.40. The fourth-order valence-corrected chi connectivity index (χ4v) is 1.04. The summed E-state index contributed by atoms with van der Waals surface area (Å²) in [5.41, 5.74) is 4.14. The number of carbonyl (C=O) groups is 3. The van der Waals surface area contributed by atoms with Gasteiger partial charge in [-0.1, -0.05) is 0 Å². The third kappa shape index (κ3) is 5.99. The van der Waals surface area contributed by atoms with Gasteiger partial charge >= 0.3 is 5.97 Å². The SMILES string of the molecule is CC(C)(CC(N)=O)NC(=O)CC(=O)O. The third-order valence-electron chi connectivity index (χ3n) is 1.41. The molecule has 6 heteroatoms. The Labute approximate surface area is 81.5 Å². The number of nitrogens with one attached hydrogen (secondary N) is 1. The van der Waals surface area contributed by atoms with E-state index < -0.39 is 29.7 Å². The van der Waals surface area contributed by atoms with E-state index >= 15 is 0 Å². The molecule has 2 amide bonds. The summed E-state index contributed by atoms with van der Waals surface area (Å²) in [6.07, 6.45) is -0.638. The molecule has 0 radical (unpaired) electrons. The summed E-state index contributed by atoms with van der Waals surface area (Å²) >= 11 is 0. The van der Waals surface area contributed by atoms with E-state index in [2.05, 4.69) is 5.32 Å². The molecule has 0 heterocycles. The first kappa shape index (κ1) is 12.4. The second kappa shape index (κ2) is 4.59. The molecule has 0 fully saturated rings. The van der Waals surface area contributed by atoms with Crippen molar-refractivity contribution in [1.82, 2.24) is 5.32 Å². The number of rotatable bonds is 5. The van der Waals surface area contributed by atoms with Gasteiger partial charge in [-0.25, -0.2) is 0 Å². The lowest BCUT2D eigenvalue weighted by atomic mass is 10.0. The van der Waals surface area contributed by atoms with Crippen LogP contribution in [0.2, 0.25) is 0 Å². The quantitative estimate of drug-likeness (QED) is 0.508. The summed E-state index contributed by atoms with van der Waals surface area (Å²) in [4.78, 5) is 31.7. The molecule has 14 heavy (non-hydrogen) atoms. The van der Waals surface area contributed by atoms with Crippen molar-refractivity contribution in [2.75, 3.05) is 0 Å².